The summed E-state index contributed by atoms with van der Waals surface area (Å²) in [7, 11) is 0. The maximum absolute atomic E-state index is 13.8. The van der Waals surface area contributed by atoms with Crippen molar-refractivity contribution >= 4 is 10.8 Å². The summed E-state index contributed by atoms with van der Waals surface area (Å²) in [5.74, 6) is 6.38. The van der Waals surface area contributed by atoms with Gasteiger partial charge in [-0.05, 0) is 85.2 Å². The number of halogens is 2. The van der Waals surface area contributed by atoms with Gasteiger partial charge in [0.15, 0.2) is 11.6 Å². The molecule has 2 heteroatoms. The van der Waals surface area contributed by atoms with E-state index in [1.165, 1.54) is 44.1 Å². The third kappa shape index (κ3) is 5.42. The number of fused-ring (bicyclic) bond motifs is 1. The number of rotatable bonds is 5. The highest BCUT2D eigenvalue weighted by atomic mass is 19.2. The molecule has 1 aliphatic carbocycles. The van der Waals surface area contributed by atoms with Crippen LogP contribution in [0.3, 0.4) is 0 Å². The normalized spacial score (nSPS) is 18.4. The summed E-state index contributed by atoms with van der Waals surface area (Å²) in [4.78, 5) is 0. The van der Waals surface area contributed by atoms with E-state index in [0.29, 0.717) is 5.39 Å². The number of hydrogen-bond acceptors (Lipinski definition) is 0. The summed E-state index contributed by atoms with van der Waals surface area (Å²) < 4.78 is 27.2. The van der Waals surface area contributed by atoms with Gasteiger partial charge >= 0.3 is 0 Å². The SMILES string of the molecule is C=CCC1CCC(CCc2ccc(C#Cc3ccc4c(F)c(F)ccc4c3)cc2)CC1. The van der Waals surface area contributed by atoms with E-state index in [9.17, 15) is 8.78 Å². The first-order valence-electron chi connectivity index (χ1n) is 11.2. The van der Waals surface area contributed by atoms with E-state index >= 15 is 0 Å². The van der Waals surface area contributed by atoms with Crippen molar-refractivity contribution < 1.29 is 8.78 Å². The second-order valence-corrected chi connectivity index (χ2v) is 8.69. The molecule has 0 aliphatic heterocycles. The van der Waals surface area contributed by atoms with Crippen LogP contribution in [0.2, 0.25) is 0 Å². The van der Waals surface area contributed by atoms with E-state index in [2.05, 4.69) is 48.8 Å². The Morgan fingerprint density at radius 1 is 0.839 bits per heavy atom. The zero-order valence-corrected chi connectivity index (χ0v) is 17.8. The average molecular weight is 415 g/mol. The smallest absolute Gasteiger partial charge is 0.166 e. The zero-order valence-electron chi connectivity index (χ0n) is 17.8. The molecule has 0 amide bonds. The highest BCUT2D eigenvalue weighted by Gasteiger charge is 2.19. The summed E-state index contributed by atoms with van der Waals surface area (Å²) >= 11 is 0. The van der Waals surface area contributed by atoms with Gasteiger partial charge in [0.05, 0.1) is 0 Å². The molecule has 1 saturated carbocycles. The topological polar surface area (TPSA) is 0 Å². The second-order valence-electron chi connectivity index (χ2n) is 8.69. The van der Waals surface area contributed by atoms with Crippen LogP contribution in [0.25, 0.3) is 10.8 Å². The number of benzene rings is 3. The standard InChI is InChI=1S/C29H28F2/c1-2-3-21-4-6-22(7-5-21)8-9-23-10-12-24(13-11-23)14-15-25-16-18-27-26(20-25)17-19-28(30)29(27)31/h2,10-13,16-22H,1,3-9H2. The minimum Gasteiger partial charge on any atom is -0.204 e. The molecule has 0 unspecified atom stereocenters. The van der Waals surface area contributed by atoms with Crippen LogP contribution >= 0.6 is 0 Å². The van der Waals surface area contributed by atoms with Gasteiger partial charge in [-0.25, -0.2) is 8.78 Å². The van der Waals surface area contributed by atoms with E-state index in [0.717, 1.165) is 35.4 Å². The molecule has 0 spiro atoms. The molecule has 158 valence electrons. The zero-order chi connectivity index (χ0) is 21.6. The first-order valence-corrected chi connectivity index (χ1v) is 11.2. The Kier molecular flexibility index (Phi) is 6.82. The fraction of sp³-hybridized carbons (Fsp3) is 0.310. The average Bonchev–Trinajstić information content (AvgIpc) is 2.80. The minimum absolute atomic E-state index is 0.282. The van der Waals surface area contributed by atoms with E-state index in [1.54, 1.807) is 24.3 Å². The van der Waals surface area contributed by atoms with Crippen molar-refractivity contribution in [2.45, 2.75) is 44.9 Å². The van der Waals surface area contributed by atoms with Crippen LogP contribution in [0.15, 0.2) is 67.3 Å². The lowest BCUT2D eigenvalue weighted by Gasteiger charge is -2.27. The number of hydrogen-bond donors (Lipinski definition) is 0. The second kappa shape index (κ2) is 9.92. The van der Waals surface area contributed by atoms with Gasteiger partial charge in [-0.3, -0.25) is 0 Å². The molecular formula is C29H28F2. The molecular weight excluding hydrogens is 386 g/mol. The maximum Gasteiger partial charge on any atom is 0.166 e. The Bertz CT molecular complexity index is 1110. The third-order valence-corrected chi connectivity index (χ3v) is 6.52. The molecule has 0 bridgehead atoms. The molecule has 4 rings (SSSR count). The van der Waals surface area contributed by atoms with Crippen molar-refractivity contribution in [3.63, 3.8) is 0 Å². The fourth-order valence-electron chi connectivity index (χ4n) is 4.60. The summed E-state index contributed by atoms with van der Waals surface area (Å²) in [6, 6.07) is 16.3. The molecule has 0 heterocycles. The van der Waals surface area contributed by atoms with E-state index in [4.69, 9.17) is 0 Å². The lowest BCUT2D eigenvalue weighted by atomic mass is 9.78. The third-order valence-electron chi connectivity index (χ3n) is 6.52. The van der Waals surface area contributed by atoms with Crippen molar-refractivity contribution in [2.24, 2.45) is 11.8 Å². The van der Waals surface area contributed by atoms with Gasteiger partial charge in [-0.1, -0.05) is 55.0 Å². The molecule has 0 radical (unpaired) electrons. The van der Waals surface area contributed by atoms with Crippen LogP contribution in [0, 0.1) is 35.3 Å². The van der Waals surface area contributed by atoms with Gasteiger partial charge in [0.25, 0.3) is 0 Å². The van der Waals surface area contributed by atoms with Gasteiger partial charge in [0, 0.05) is 16.5 Å². The molecule has 3 aromatic rings. The predicted molar refractivity (Wildman–Crippen MR) is 125 cm³/mol. The van der Waals surface area contributed by atoms with Crippen LogP contribution in [0.5, 0.6) is 0 Å². The highest BCUT2D eigenvalue weighted by molar-refractivity contribution is 5.84. The van der Waals surface area contributed by atoms with E-state index in [-0.39, 0.29) is 5.39 Å². The van der Waals surface area contributed by atoms with Crippen LogP contribution < -0.4 is 0 Å². The van der Waals surface area contributed by atoms with Crippen molar-refractivity contribution in [2.75, 3.05) is 0 Å². The van der Waals surface area contributed by atoms with Gasteiger partial charge in [-0.2, -0.15) is 0 Å². The van der Waals surface area contributed by atoms with Crippen molar-refractivity contribution in [1.29, 1.82) is 0 Å². The van der Waals surface area contributed by atoms with Crippen LogP contribution in [0.4, 0.5) is 8.78 Å². The predicted octanol–water partition coefficient (Wildman–Crippen LogP) is 7.83. The summed E-state index contributed by atoms with van der Waals surface area (Å²) in [6.45, 7) is 3.87. The van der Waals surface area contributed by atoms with Crippen molar-refractivity contribution in [1.82, 2.24) is 0 Å². The van der Waals surface area contributed by atoms with Gasteiger partial charge in [0.2, 0.25) is 0 Å². The molecule has 0 atom stereocenters. The van der Waals surface area contributed by atoms with Gasteiger partial charge in [0.1, 0.15) is 0 Å². The lowest BCUT2D eigenvalue weighted by Crippen LogP contribution is -2.14. The number of aryl methyl sites for hydroxylation is 1. The first-order chi connectivity index (χ1) is 15.1. The molecule has 3 aromatic carbocycles. The van der Waals surface area contributed by atoms with Gasteiger partial charge < -0.3 is 0 Å². The molecule has 0 nitrogen and oxygen atoms in total. The summed E-state index contributed by atoms with van der Waals surface area (Å²) in [5.41, 5.74) is 3.11. The largest absolute Gasteiger partial charge is 0.204 e. The Morgan fingerprint density at radius 2 is 1.52 bits per heavy atom. The minimum atomic E-state index is -0.827. The maximum atomic E-state index is 13.8. The Morgan fingerprint density at radius 3 is 2.26 bits per heavy atom. The summed E-state index contributed by atoms with van der Waals surface area (Å²) in [6.07, 6.45) is 11.0. The number of allylic oxidation sites excluding steroid dienone is 1. The van der Waals surface area contributed by atoms with Crippen LogP contribution in [-0.2, 0) is 6.42 Å². The van der Waals surface area contributed by atoms with Crippen LogP contribution in [-0.4, -0.2) is 0 Å². The van der Waals surface area contributed by atoms with Crippen LogP contribution in [0.1, 0.15) is 55.2 Å². The molecule has 0 N–H and O–H groups in total. The van der Waals surface area contributed by atoms with E-state index in [1.807, 2.05) is 0 Å². The van der Waals surface area contributed by atoms with E-state index < -0.39 is 11.6 Å². The first kappa shape index (κ1) is 21.3. The Hall–Kier alpha value is -2.92. The molecule has 0 aromatic heterocycles. The fourth-order valence-corrected chi connectivity index (χ4v) is 4.60. The highest BCUT2D eigenvalue weighted by Crippen LogP contribution is 2.33. The lowest BCUT2D eigenvalue weighted by molar-refractivity contribution is 0.265. The molecule has 1 fully saturated rings. The Balaban J connectivity index is 1.34. The molecule has 0 saturated heterocycles. The monoisotopic (exact) mass is 414 g/mol. The summed E-state index contributed by atoms with van der Waals surface area (Å²) in [5, 5.41) is 0.934. The van der Waals surface area contributed by atoms with Gasteiger partial charge in [-0.15, -0.1) is 6.58 Å². The Labute approximate surface area is 184 Å². The molecule has 31 heavy (non-hydrogen) atoms. The molecule has 1 aliphatic rings. The quantitative estimate of drug-likeness (QED) is 0.295. The van der Waals surface area contributed by atoms with Crippen molar-refractivity contribution in [3.8, 4) is 11.8 Å². The van der Waals surface area contributed by atoms with Crippen molar-refractivity contribution in [3.05, 3.63) is 95.6 Å².